The summed E-state index contributed by atoms with van der Waals surface area (Å²) in [5.74, 6) is 2.01. The van der Waals surface area contributed by atoms with E-state index in [0.29, 0.717) is 19.1 Å². The van der Waals surface area contributed by atoms with Gasteiger partial charge in [0.2, 0.25) is 0 Å². The van der Waals surface area contributed by atoms with E-state index in [-0.39, 0.29) is 17.8 Å². The van der Waals surface area contributed by atoms with E-state index >= 15 is 0 Å². The first-order valence-electron chi connectivity index (χ1n) is 8.79. The van der Waals surface area contributed by atoms with Crippen LogP contribution in [0.4, 0.5) is 0 Å². The van der Waals surface area contributed by atoms with E-state index in [1.54, 1.807) is 7.11 Å². The Hall–Kier alpha value is -2.04. The van der Waals surface area contributed by atoms with Gasteiger partial charge >= 0.3 is 5.97 Å². The second-order valence-corrected chi connectivity index (χ2v) is 6.58. The molecule has 1 saturated carbocycles. The molecule has 0 bridgehead atoms. The number of rotatable bonds is 7. The molecule has 0 radical (unpaired) electrons. The second kappa shape index (κ2) is 7.24. The van der Waals surface area contributed by atoms with Crippen molar-refractivity contribution < 1.29 is 14.3 Å². The Balaban J connectivity index is 1.78. The molecular weight excluding hydrogens is 304 g/mol. The second-order valence-electron chi connectivity index (χ2n) is 6.58. The van der Waals surface area contributed by atoms with Crippen LogP contribution in [0.3, 0.4) is 0 Å². The Morgan fingerprint density at radius 1 is 1.46 bits per heavy atom. The van der Waals surface area contributed by atoms with Crippen molar-refractivity contribution in [2.75, 3.05) is 13.7 Å². The molecule has 2 unspecified atom stereocenters. The summed E-state index contributed by atoms with van der Waals surface area (Å²) in [7, 11) is 1.69. The Bertz CT molecular complexity index is 656. The van der Waals surface area contributed by atoms with Crippen LogP contribution in [-0.2, 0) is 20.7 Å². The first kappa shape index (κ1) is 16.8. The molecule has 0 saturated heterocycles. The summed E-state index contributed by atoms with van der Waals surface area (Å²) in [5.41, 5.74) is 1.14. The van der Waals surface area contributed by atoms with Crippen molar-refractivity contribution in [2.24, 2.45) is 5.92 Å². The van der Waals surface area contributed by atoms with Gasteiger partial charge in [-0.1, -0.05) is 13.0 Å². The molecule has 5 nitrogen and oxygen atoms in total. The molecule has 0 aromatic carbocycles. The molecule has 1 heterocycles. The van der Waals surface area contributed by atoms with Crippen molar-refractivity contribution in [1.29, 1.82) is 0 Å². The molecule has 130 valence electrons. The standard InChI is InChI=1S/C19H26N2O3/c1-4-24-19(22)13(2)11-16-12-20-18(21(16)15-7-8-15)14-5-9-17(23-3)10-6-14/h5,9-10,12-15H,4,6-8,11H2,1-3H3. The molecule has 24 heavy (non-hydrogen) atoms. The molecule has 1 fully saturated rings. The highest BCUT2D eigenvalue weighted by Crippen LogP contribution is 2.40. The average Bonchev–Trinajstić information content (AvgIpc) is 3.35. The molecule has 0 spiro atoms. The van der Waals surface area contributed by atoms with Gasteiger partial charge in [-0.25, -0.2) is 4.98 Å². The van der Waals surface area contributed by atoms with Gasteiger partial charge in [0.1, 0.15) is 11.6 Å². The first-order valence-corrected chi connectivity index (χ1v) is 8.79. The minimum atomic E-state index is -0.145. The lowest BCUT2D eigenvalue weighted by Gasteiger charge is -2.19. The number of hydrogen-bond donors (Lipinski definition) is 0. The number of methoxy groups -OCH3 is 1. The summed E-state index contributed by atoms with van der Waals surface area (Å²) in [5, 5.41) is 0. The Labute approximate surface area is 143 Å². The molecule has 3 rings (SSSR count). The van der Waals surface area contributed by atoms with Crippen molar-refractivity contribution in [1.82, 2.24) is 9.55 Å². The number of nitrogens with zero attached hydrogens (tertiary/aromatic N) is 2. The van der Waals surface area contributed by atoms with Gasteiger partial charge in [-0.05, 0) is 38.3 Å². The van der Waals surface area contributed by atoms with Crippen LogP contribution in [0.5, 0.6) is 0 Å². The number of ether oxygens (including phenoxy) is 2. The number of carbonyl (C=O) groups excluding carboxylic acids is 1. The van der Waals surface area contributed by atoms with Crippen LogP contribution in [0.1, 0.15) is 56.6 Å². The zero-order chi connectivity index (χ0) is 17.1. The van der Waals surface area contributed by atoms with Gasteiger partial charge in [-0.15, -0.1) is 0 Å². The summed E-state index contributed by atoms with van der Waals surface area (Å²) >= 11 is 0. The highest BCUT2D eigenvalue weighted by molar-refractivity contribution is 5.72. The predicted molar refractivity (Wildman–Crippen MR) is 91.6 cm³/mol. The van der Waals surface area contributed by atoms with E-state index < -0.39 is 0 Å². The van der Waals surface area contributed by atoms with Gasteiger partial charge in [-0.2, -0.15) is 0 Å². The normalized spacial score (nSPS) is 21.3. The van der Waals surface area contributed by atoms with Gasteiger partial charge in [0.05, 0.1) is 19.6 Å². The van der Waals surface area contributed by atoms with E-state index in [4.69, 9.17) is 14.5 Å². The molecule has 0 amide bonds. The number of esters is 1. The van der Waals surface area contributed by atoms with E-state index in [1.165, 1.54) is 12.8 Å². The lowest BCUT2D eigenvalue weighted by atomic mass is 9.99. The molecule has 2 aliphatic carbocycles. The lowest BCUT2D eigenvalue weighted by Crippen LogP contribution is -2.19. The molecule has 0 aliphatic heterocycles. The minimum Gasteiger partial charge on any atom is -0.497 e. The summed E-state index contributed by atoms with van der Waals surface area (Å²) < 4.78 is 12.8. The fraction of sp³-hybridized carbons (Fsp3) is 0.579. The fourth-order valence-electron chi connectivity index (χ4n) is 3.22. The third-order valence-electron chi connectivity index (χ3n) is 4.65. The number of aromatic nitrogens is 2. The van der Waals surface area contributed by atoms with Crippen LogP contribution >= 0.6 is 0 Å². The van der Waals surface area contributed by atoms with E-state index in [9.17, 15) is 4.79 Å². The largest absolute Gasteiger partial charge is 0.497 e. The van der Waals surface area contributed by atoms with Crippen LogP contribution in [0.25, 0.3) is 0 Å². The average molecular weight is 330 g/mol. The number of allylic oxidation sites excluding steroid dienone is 3. The highest BCUT2D eigenvalue weighted by atomic mass is 16.5. The van der Waals surface area contributed by atoms with Gasteiger partial charge in [-0.3, -0.25) is 4.79 Å². The zero-order valence-corrected chi connectivity index (χ0v) is 14.7. The maximum absolute atomic E-state index is 11.9. The van der Waals surface area contributed by atoms with Crippen molar-refractivity contribution in [3.8, 4) is 0 Å². The van der Waals surface area contributed by atoms with Gasteiger partial charge in [0.25, 0.3) is 0 Å². The van der Waals surface area contributed by atoms with Crippen LogP contribution in [-0.4, -0.2) is 29.2 Å². The summed E-state index contributed by atoms with van der Waals surface area (Å²) in [6.45, 7) is 4.20. The smallest absolute Gasteiger partial charge is 0.309 e. The molecule has 1 aromatic heterocycles. The third kappa shape index (κ3) is 3.55. The molecule has 1 aromatic rings. The first-order chi connectivity index (χ1) is 11.6. The Morgan fingerprint density at radius 3 is 2.83 bits per heavy atom. The molecular formula is C19H26N2O3. The number of hydrogen-bond acceptors (Lipinski definition) is 4. The Kier molecular flexibility index (Phi) is 5.07. The fourth-order valence-corrected chi connectivity index (χ4v) is 3.22. The summed E-state index contributed by atoms with van der Waals surface area (Å²) in [4.78, 5) is 16.6. The van der Waals surface area contributed by atoms with Crippen LogP contribution in [0.15, 0.2) is 30.2 Å². The van der Waals surface area contributed by atoms with Crippen molar-refractivity contribution in [2.45, 2.75) is 51.5 Å². The highest BCUT2D eigenvalue weighted by Gasteiger charge is 2.31. The van der Waals surface area contributed by atoms with E-state index in [0.717, 1.165) is 23.7 Å². The van der Waals surface area contributed by atoms with Gasteiger partial charge in [0.15, 0.2) is 0 Å². The lowest BCUT2D eigenvalue weighted by molar-refractivity contribution is -0.147. The Morgan fingerprint density at radius 2 is 2.25 bits per heavy atom. The quantitative estimate of drug-likeness (QED) is 0.718. The van der Waals surface area contributed by atoms with E-state index in [2.05, 4.69) is 16.7 Å². The zero-order valence-electron chi connectivity index (χ0n) is 14.7. The molecule has 0 N–H and O–H groups in total. The molecule has 2 atom stereocenters. The topological polar surface area (TPSA) is 53.4 Å². The number of carbonyl (C=O) groups is 1. The molecule has 5 heteroatoms. The SMILES string of the molecule is CCOC(=O)C(C)Cc1cnc(C2C=CC(OC)=CC2)n1C1CC1. The monoisotopic (exact) mass is 330 g/mol. The molecule has 2 aliphatic rings. The predicted octanol–water partition coefficient (Wildman–Crippen LogP) is 3.53. The van der Waals surface area contributed by atoms with Crippen molar-refractivity contribution in [3.63, 3.8) is 0 Å². The summed E-state index contributed by atoms with van der Waals surface area (Å²) in [6, 6.07) is 0.535. The van der Waals surface area contributed by atoms with Crippen molar-refractivity contribution in [3.05, 3.63) is 41.7 Å². The summed E-state index contributed by atoms with van der Waals surface area (Å²) in [6.07, 6.45) is 12.2. The minimum absolute atomic E-state index is 0.132. The van der Waals surface area contributed by atoms with Crippen LogP contribution in [0, 0.1) is 5.92 Å². The van der Waals surface area contributed by atoms with Crippen LogP contribution < -0.4 is 0 Å². The van der Waals surface area contributed by atoms with Crippen molar-refractivity contribution >= 4 is 5.97 Å². The van der Waals surface area contributed by atoms with E-state index in [1.807, 2.05) is 26.1 Å². The van der Waals surface area contributed by atoms with Crippen LogP contribution in [0.2, 0.25) is 0 Å². The maximum Gasteiger partial charge on any atom is 0.309 e. The van der Waals surface area contributed by atoms with Gasteiger partial charge in [0, 0.05) is 30.3 Å². The third-order valence-corrected chi connectivity index (χ3v) is 4.65. The van der Waals surface area contributed by atoms with Gasteiger partial charge < -0.3 is 14.0 Å². The number of imidazole rings is 1. The maximum atomic E-state index is 11.9.